The minimum absolute atomic E-state index is 0.0399. The van der Waals surface area contributed by atoms with Gasteiger partial charge in [-0.1, -0.05) is 46.8 Å². The predicted octanol–water partition coefficient (Wildman–Crippen LogP) is 6.25. The van der Waals surface area contributed by atoms with Crippen LogP contribution < -0.4 is 5.32 Å². The van der Waals surface area contributed by atoms with Crippen molar-refractivity contribution < 1.29 is 9.59 Å². The van der Waals surface area contributed by atoms with Gasteiger partial charge in [0.1, 0.15) is 0 Å². The predicted molar refractivity (Wildman–Crippen MR) is 130 cm³/mol. The molecule has 1 N–H and O–H groups in total. The fraction of sp³-hybridized carbons (Fsp3) is 0.370. The Labute approximate surface area is 190 Å². The van der Waals surface area contributed by atoms with Gasteiger partial charge < -0.3 is 5.32 Å². The zero-order chi connectivity index (χ0) is 23.6. The molecule has 168 valence electrons. The fourth-order valence-corrected chi connectivity index (χ4v) is 3.91. The number of nitrogens with one attached hydrogen (secondary N) is 1. The summed E-state index contributed by atoms with van der Waals surface area (Å²) in [7, 11) is 0. The molecular weight excluding hydrogens is 398 g/mol. The molecule has 1 aromatic heterocycles. The summed E-state index contributed by atoms with van der Waals surface area (Å²) in [5, 5.41) is 7.38. The molecule has 1 atom stereocenters. The number of carbonyl (C=O) groups excluding carboxylic acids is 2. The van der Waals surface area contributed by atoms with Crippen LogP contribution in [0.5, 0.6) is 0 Å². The molecule has 0 aliphatic rings. The molecule has 2 aromatic carbocycles. The number of amides is 1. The van der Waals surface area contributed by atoms with Gasteiger partial charge in [-0.05, 0) is 79.1 Å². The van der Waals surface area contributed by atoms with Crippen molar-refractivity contribution in [3.63, 3.8) is 0 Å². The Balaban J connectivity index is 1.74. The lowest BCUT2D eigenvalue weighted by molar-refractivity contribution is 0.0941. The van der Waals surface area contributed by atoms with E-state index in [0.717, 1.165) is 23.4 Å². The van der Waals surface area contributed by atoms with Crippen molar-refractivity contribution in [3.05, 3.63) is 82.2 Å². The normalized spacial score (nSPS) is 12.5. The number of aryl methyl sites for hydroxylation is 1. The van der Waals surface area contributed by atoms with Gasteiger partial charge in [0, 0.05) is 22.5 Å². The van der Waals surface area contributed by atoms with E-state index >= 15 is 0 Å². The summed E-state index contributed by atoms with van der Waals surface area (Å²) in [4.78, 5) is 25.6. The van der Waals surface area contributed by atoms with Crippen LogP contribution in [0, 0.1) is 13.8 Å². The van der Waals surface area contributed by atoms with Crippen molar-refractivity contribution >= 4 is 17.5 Å². The summed E-state index contributed by atoms with van der Waals surface area (Å²) in [5.74, 6) is 0.00340. The molecule has 5 nitrogen and oxygen atoms in total. The van der Waals surface area contributed by atoms with E-state index in [2.05, 4.69) is 45.0 Å². The molecule has 0 saturated carbocycles. The quantitative estimate of drug-likeness (QED) is 0.519. The maximum absolute atomic E-state index is 13.0. The number of rotatable bonds is 5. The number of hydrogen-bond donors (Lipinski definition) is 1. The molecule has 0 bridgehead atoms. The molecule has 3 aromatic rings. The fourth-order valence-electron chi connectivity index (χ4n) is 3.91. The first-order valence-electron chi connectivity index (χ1n) is 11.2. The van der Waals surface area contributed by atoms with E-state index in [9.17, 15) is 9.59 Å². The monoisotopic (exact) mass is 431 g/mol. The van der Waals surface area contributed by atoms with Gasteiger partial charge in [-0.2, -0.15) is 5.10 Å². The molecule has 0 radical (unpaired) electrons. The van der Waals surface area contributed by atoms with Gasteiger partial charge in [0.25, 0.3) is 11.8 Å². The molecule has 0 saturated heterocycles. The van der Waals surface area contributed by atoms with Gasteiger partial charge in [-0.25, -0.2) is 4.68 Å². The molecule has 0 fully saturated rings. The van der Waals surface area contributed by atoms with Crippen LogP contribution >= 0.6 is 0 Å². The Morgan fingerprint density at radius 1 is 0.969 bits per heavy atom. The third kappa shape index (κ3) is 4.82. The molecule has 32 heavy (non-hydrogen) atoms. The summed E-state index contributed by atoms with van der Waals surface area (Å²) >= 11 is 0. The van der Waals surface area contributed by atoms with Crippen molar-refractivity contribution in [2.45, 2.75) is 66.2 Å². The number of hydrogen-bond acceptors (Lipinski definition) is 3. The second-order valence-electron chi connectivity index (χ2n) is 9.47. The largest absolute Gasteiger partial charge is 0.322 e. The highest BCUT2D eigenvalue weighted by atomic mass is 16.2. The van der Waals surface area contributed by atoms with Crippen LogP contribution in [0.25, 0.3) is 0 Å². The first kappa shape index (κ1) is 23.5. The second-order valence-corrected chi connectivity index (χ2v) is 9.47. The smallest absolute Gasteiger partial charge is 0.278 e. The van der Waals surface area contributed by atoms with Crippen molar-refractivity contribution in [1.29, 1.82) is 0 Å². The van der Waals surface area contributed by atoms with Crippen molar-refractivity contribution in [2.75, 3.05) is 5.32 Å². The van der Waals surface area contributed by atoms with E-state index < -0.39 is 0 Å². The minimum Gasteiger partial charge on any atom is -0.322 e. The van der Waals surface area contributed by atoms with Gasteiger partial charge in [0.15, 0.2) is 0 Å². The Hall–Kier alpha value is -3.21. The highest BCUT2D eigenvalue weighted by Gasteiger charge is 2.21. The number of anilines is 1. The van der Waals surface area contributed by atoms with E-state index in [1.807, 2.05) is 38.1 Å². The van der Waals surface area contributed by atoms with E-state index in [1.54, 1.807) is 24.3 Å². The average Bonchev–Trinajstić information content (AvgIpc) is 3.06. The standard InChI is InChI=1S/C27H33N3O2/c1-8-17(2)24-18(3)29-30(19(24)4)26(32)21-11-15-23(16-12-21)28-25(31)20-9-13-22(14-10-20)27(5,6)7/h9-17H,8H2,1-7H3,(H,28,31). The van der Waals surface area contributed by atoms with Crippen LogP contribution in [-0.2, 0) is 5.41 Å². The van der Waals surface area contributed by atoms with E-state index in [1.165, 1.54) is 10.2 Å². The molecule has 1 heterocycles. The summed E-state index contributed by atoms with van der Waals surface area (Å²) in [6, 6.07) is 14.6. The van der Waals surface area contributed by atoms with E-state index in [0.29, 0.717) is 22.7 Å². The second kappa shape index (κ2) is 9.11. The first-order chi connectivity index (χ1) is 15.0. The van der Waals surface area contributed by atoms with Crippen LogP contribution in [0.15, 0.2) is 48.5 Å². The van der Waals surface area contributed by atoms with Gasteiger partial charge in [0.05, 0.1) is 5.69 Å². The van der Waals surface area contributed by atoms with Gasteiger partial charge in [-0.3, -0.25) is 9.59 Å². The summed E-state index contributed by atoms with van der Waals surface area (Å²) in [6.07, 6.45) is 0.995. The van der Waals surface area contributed by atoms with Gasteiger partial charge in [-0.15, -0.1) is 0 Å². The topological polar surface area (TPSA) is 64.0 Å². The molecule has 5 heteroatoms. The lowest BCUT2D eigenvalue weighted by Gasteiger charge is -2.19. The zero-order valence-corrected chi connectivity index (χ0v) is 20.1. The number of nitrogens with zero attached hydrogens (tertiary/aromatic N) is 2. The third-order valence-electron chi connectivity index (χ3n) is 6.05. The SMILES string of the molecule is CCC(C)c1c(C)nn(C(=O)c2ccc(NC(=O)c3ccc(C(C)(C)C)cc3)cc2)c1C. The highest BCUT2D eigenvalue weighted by Crippen LogP contribution is 2.26. The van der Waals surface area contributed by atoms with Crippen LogP contribution in [0.1, 0.15) is 90.2 Å². The van der Waals surface area contributed by atoms with Gasteiger partial charge in [0.2, 0.25) is 0 Å². The van der Waals surface area contributed by atoms with Crippen LogP contribution in [0.2, 0.25) is 0 Å². The maximum atomic E-state index is 13.0. The van der Waals surface area contributed by atoms with Crippen LogP contribution in [0.4, 0.5) is 5.69 Å². The summed E-state index contributed by atoms with van der Waals surface area (Å²) < 4.78 is 1.49. The maximum Gasteiger partial charge on any atom is 0.278 e. The van der Waals surface area contributed by atoms with E-state index in [-0.39, 0.29) is 17.2 Å². The first-order valence-corrected chi connectivity index (χ1v) is 11.2. The number of carbonyl (C=O) groups is 2. The van der Waals surface area contributed by atoms with Crippen molar-refractivity contribution in [2.24, 2.45) is 0 Å². The van der Waals surface area contributed by atoms with Gasteiger partial charge >= 0.3 is 0 Å². The molecule has 0 spiro atoms. The van der Waals surface area contributed by atoms with Crippen LogP contribution in [-0.4, -0.2) is 21.6 Å². The summed E-state index contributed by atoms with van der Waals surface area (Å²) in [5.41, 5.74) is 5.90. The highest BCUT2D eigenvalue weighted by molar-refractivity contribution is 6.04. The molecule has 0 aliphatic carbocycles. The third-order valence-corrected chi connectivity index (χ3v) is 6.05. The Kier molecular flexibility index (Phi) is 6.68. The van der Waals surface area contributed by atoms with Crippen molar-refractivity contribution in [1.82, 2.24) is 9.78 Å². The molecule has 0 aliphatic heterocycles. The zero-order valence-electron chi connectivity index (χ0n) is 20.1. The minimum atomic E-state index is -0.179. The van der Waals surface area contributed by atoms with E-state index in [4.69, 9.17) is 0 Å². The average molecular weight is 432 g/mol. The molecule has 1 unspecified atom stereocenters. The Bertz CT molecular complexity index is 1120. The van der Waals surface area contributed by atoms with Crippen molar-refractivity contribution in [3.8, 4) is 0 Å². The Morgan fingerprint density at radius 2 is 1.53 bits per heavy atom. The lowest BCUT2D eigenvalue weighted by atomic mass is 9.87. The number of benzene rings is 2. The number of aromatic nitrogens is 2. The molecule has 1 amide bonds. The summed E-state index contributed by atoms with van der Waals surface area (Å²) in [6.45, 7) is 14.6. The lowest BCUT2D eigenvalue weighted by Crippen LogP contribution is -2.16. The Morgan fingerprint density at radius 3 is 2.06 bits per heavy atom. The molecular formula is C27H33N3O2. The van der Waals surface area contributed by atoms with Crippen LogP contribution in [0.3, 0.4) is 0 Å². The molecule has 3 rings (SSSR count).